The van der Waals surface area contributed by atoms with Crippen LogP contribution in [-0.4, -0.2) is 32.0 Å². The molecule has 1 unspecified atom stereocenters. The zero-order chi connectivity index (χ0) is 26.1. The third-order valence-corrected chi connectivity index (χ3v) is 8.35. The average Bonchev–Trinajstić information content (AvgIpc) is 2.78. The zero-order valence-electron chi connectivity index (χ0n) is 19.8. The Kier molecular flexibility index (Phi) is 4.53. The lowest BCUT2D eigenvalue weighted by atomic mass is 9.66. The van der Waals surface area contributed by atoms with Crippen LogP contribution in [0.15, 0.2) is 18.2 Å². The van der Waals surface area contributed by atoms with Gasteiger partial charge in [0, 0.05) is 29.9 Å². The van der Waals surface area contributed by atoms with E-state index < -0.39 is 28.8 Å². The van der Waals surface area contributed by atoms with Gasteiger partial charge < -0.3 is 29.9 Å². The summed E-state index contributed by atoms with van der Waals surface area (Å²) in [5, 5.41) is 42.6. The van der Waals surface area contributed by atoms with Crippen LogP contribution < -0.4 is 4.74 Å². The first-order chi connectivity index (χ1) is 16.8. The molecular weight excluding hydrogens is 507 g/mol. The van der Waals surface area contributed by atoms with Crippen molar-refractivity contribution in [3.63, 3.8) is 0 Å². The molecule has 9 heteroatoms. The molecule has 2 aliphatic heterocycles. The number of halogens is 2. The van der Waals surface area contributed by atoms with E-state index in [9.17, 15) is 25.2 Å². The minimum atomic E-state index is -1.14. The largest absolute Gasteiger partial charge is 0.507 e. The van der Waals surface area contributed by atoms with Crippen molar-refractivity contribution in [1.82, 2.24) is 0 Å². The molecule has 3 aromatic rings. The Bertz CT molecular complexity index is 1560. The molecule has 0 amide bonds. The topological polar surface area (TPSA) is 116 Å². The zero-order valence-corrected chi connectivity index (χ0v) is 21.3. The summed E-state index contributed by atoms with van der Waals surface area (Å²) in [6, 6.07) is 4.73. The van der Waals surface area contributed by atoms with Crippen LogP contribution in [0.2, 0.25) is 10.0 Å². The van der Waals surface area contributed by atoms with Crippen LogP contribution in [0.25, 0.3) is 0 Å². The molecule has 0 fully saturated rings. The highest BCUT2D eigenvalue weighted by molar-refractivity contribution is 6.35. The number of rotatable bonds is 0. The van der Waals surface area contributed by atoms with Crippen LogP contribution in [-0.2, 0) is 16.6 Å². The van der Waals surface area contributed by atoms with Gasteiger partial charge in [-0.25, -0.2) is 0 Å². The van der Waals surface area contributed by atoms with Crippen molar-refractivity contribution in [2.45, 2.75) is 51.4 Å². The predicted octanol–water partition coefficient (Wildman–Crippen LogP) is 5.77. The van der Waals surface area contributed by atoms with Crippen molar-refractivity contribution >= 4 is 29.0 Å². The number of fused-ring (bicyclic) bond motifs is 8. The number of aromatic hydroxyl groups is 4. The third-order valence-electron chi connectivity index (χ3n) is 7.61. The highest BCUT2D eigenvalue weighted by Gasteiger charge is 2.50. The van der Waals surface area contributed by atoms with Crippen molar-refractivity contribution in [2.24, 2.45) is 0 Å². The standard InChI is InChI=1S/C27H22Cl2O7/c1-9-5-13(30)20(29)25-15(9)24-16-10(8-27(4,35-24)36-25)6-11-17(21(16)32)22(33)18-12(26(11,2)3)7-14(31)19(28)23(18)34/h5-7,24,30-32,34H,8H2,1-4H3/t24?,27-/m1/s1. The van der Waals surface area contributed by atoms with E-state index in [-0.39, 0.29) is 50.6 Å². The van der Waals surface area contributed by atoms with E-state index in [0.29, 0.717) is 27.8 Å². The number of phenolic OH excluding ortho intramolecular Hbond substituents is 4. The van der Waals surface area contributed by atoms with Gasteiger partial charge in [-0.15, -0.1) is 0 Å². The molecule has 0 saturated carbocycles. The van der Waals surface area contributed by atoms with E-state index in [1.54, 1.807) is 13.8 Å². The molecule has 3 aliphatic rings. The van der Waals surface area contributed by atoms with E-state index in [1.807, 2.05) is 19.9 Å². The number of phenols is 4. The maximum atomic E-state index is 13.8. The molecule has 1 aliphatic carbocycles. The lowest BCUT2D eigenvalue weighted by Crippen LogP contribution is -2.47. The number of ether oxygens (including phenoxy) is 2. The molecule has 7 nitrogen and oxygen atoms in total. The molecule has 0 spiro atoms. The number of ketones is 1. The fourth-order valence-electron chi connectivity index (χ4n) is 5.88. The fraction of sp³-hybridized carbons (Fsp3) is 0.296. The maximum Gasteiger partial charge on any atom is 0.212 e. The van der Waals surface area contributed by atoms with E-state index in [1.165, 1.54) is 12.1 Å². The Morgan fingerprint density at radius 3 is 2.19 bits per heavy atom. The Morgan fingerprint density at radius 2 is 1.50 bits per heavy atom. The van der Waals surface area contributed by atoms with Gasteiger partial charge in [0.25, 0.3) is 0 Å². The van der Waals surface area contributed by atoms with Crippen molar-refractivity contribution < 1.29 is 34.7 Å². The Hall–Kier alpha value is -3.13. The Labute approximate surface area is 216 Å². The summed E-state index contributed by atoms with van der Waals surface area (Å²) >= 11 is 12.5. The minimum absolute atomic E-state index is 0.0334. The maximum absolute atomic E-state index is 13.8. The number of aryl methyl sites for hydroxylation is 1. The summed E-state index contributed by atoms with van der Waals surface area (Å²) < 4.78 is 12.4. The van der Waals surface area contributed by atoms with Gasteiger partial charge in [-0.1, -0.05) is 43.1 Å². The predicted molar refractivity (Wildman–Crippen MR) is 132 cm³/mol. The molecule has 2 atom stereocenters. The molecule has 186 valence electrons. The van der Waals surface area contributed by atoms with Gasteiger partial charge in [-0.05, 0) is 41.3 Å². The molecule has 2 heterocycles. The second-order valence-electron chi connectivity index (χ2n) is 10.3. The Balaban J connectivity index is 1.67. The minimum Gasteiger partial charge on any atom is -0.507 e. The monoisotopic (exact) mass is 528 g/mol. The summed E-state index contributed by atoms with van der Waals surface area (Å²) in [5.74, 6) is -2.75. The highest BCUT2D eigenvalue weighted by Crippen LogP contribution is 2.58. The molecule has 2 bridgehead atoms. The molecule has 36 heavy (non-hydrogen) atoms. The van der Waals surface area contributed by atoms with Crippen molar-refractivity contribution in [3.8, 4) is 28.7 Å². The highest BCUT2D eigenvalue weighted by atomic mass is 35.5. The van der Waals surface area contributed by atoms with Gasteiger partial charge in [-0.2, -0.15) is 0 Å². The van der Waals surface area contributed by atoms with Crippen LogP contribution in [0, 0.1) is 6.92 Å². The molecule has 0 radical (unpaired) electrons. The summed E-state index contributed by atoms with van der Waals surface area (Å²) in [5.41, 5.74) is 2.35. The van der Waals surface area contributed by atoms with Gasteiger partial charge in [-0.3, -0.25) is 4.79 Å². The summed E-state index contributed by atoms with van der Waals surface area (Å²) in [7, 11) is 0. The summed E-state index contributed by atoms with van der Waals surface area (Å²) in [4.78, 5) is 13.8. The van der Waals surface area contributed by atoms with E-state index in [2.05, 4.69) is 0 Å². The summed E-state index contributed by atoms with van der Waals surface area (Å²) in [6.45, 7) is 7.21. The molecule has 3 aromatic carbocycles. The Morgan fingerprint density at radius 1 is 0.889 bits per heavy atom. The number of carbonyl (C=O) groups is 1. The van der Waals surface area contributed by atoms with Gasteiger partial charge in [0.1, 0.15) is 39.1 Å². The third kappa shape index (κ3) is 2.76. The first kappa shape index (κ1) is 23.3. The number of hydrogen-bond acceptors (Lipinski definition) is 7. The van der Waals surface area contributed by atoms with Crippen LogP contribution in [0.3, 0.4) is 0 Å². The van der Waals surface area contributed by atoms with E-state index >= 15 is 0 Å². The smallest absolute Gasteiger partial charge is 0.212 e. The molecule has 6 rings (SSSR count). The van der Waals surface area contributed by atoms with Crippen LogP contribution in [0.1, 0.15) is 76.2 Å². The van der Waals surface area contributed by atoms with Gasteiger partial charge in [0.2, 0.25) is 11.6 Å². The first-order valence-electron chi connectivity index (χ1n) is 11.3. The number of benzene rings is 3. The second-order valence-corrected chi connectivity index (χ2v) is 11.1. The van der Waals surface area contributed by atoms with E-state index in [4.69, 9.17) is 32.7 Å². The van der Waals surface area contributed by atoms with Crippen molar-refractivity contribution in [1.29, 1.82) is 0 Å². The average molecular weight is 529 g/mol. The molecule has 4 N–H and O–H groups in total. The van der Waals surface area contributed by atoms with Crippen LogP contribution in [0.5, 0.6) is 28.7 Å². The quantitative estimate of drug-likeness (QED) is 0.292. The van der Waals surface area contributed by atoms with Gasteiger partial charge in [0.05, 0.1) is 11.1 Å². The fourth-order valence-corrected chi connectivity index (χ4v) is 6.23. The van der Waals surface area contributed by atoms with E-state index in [0.717, 1.165) is 5.56 Å². The number of carbonyl (C=O) groups excluding carboxylic acids is 1. The molecular formula is C27H22Cl2O7. The SMILES string of the molecule is Cc1cc(O)c(Cl)c2c1C1O[C@@](C)(Cc3cc4c(c(O)c31)C(=O)c1c(cc(O)c(Cl)c1O)C4(C)C)O2. The van der Waals surface area contributed by atoms with Gasteiger partial charge in [0.15, 0.2) is 5.75 Å². The van der Waals surface area contributed by atoms with Crippen LogP contribution >= 0.6 is 23.2 Å². The van der Waals surface area contributed by atoms with Gasteiger partial charge >= 0.3 is 0 Å². The first-order valence-corrected chi connectivity index (χ1v) is 12.1. The second kappa shape index (κ2) is 7.00. The number of hydrogen-bond donors (Lipinski definition) is 4. The van der Waals surface area contributed by atoms with Crippen molar-refractivity contribution in [2.75, 3.05) is 0 Å². The molecule has 0 saturated heterocycles. The van der Waals surface area contributed by atoms with Crippen molar-refractivity contribution in [3.05, 3.63) is 72.8 Å². The lowest BCUT2D eigenvalue weighted by molar-refractivity contribution is -0.216. The van der Waals surface area contributed by atoms with Crippen LogP contribution in [0.4, 0.5) is 0 Å². The molecule has 0 aromatic heterocycles. The lowest BCUT2D eigenvalue weighted by Gasteiger charge is -2.46. The summed E-state index contributed by atoms with van der Waals surface area (Å²) in [6.07, 6.45) is -0.585. The normalized spacial score (nSPS) is 22.7.